The summed E-state index contributed by atoms with van der Waals surface area (Å²) in [5.74, 6) is -0.159. The molecule has 18 heavy (non-hydrogen) atoms. The van der Waals surface area contributed by atoms with Gasteiger partial charge in [-0.15, -0.1) is 0 Å². The Bertz CT molecular complexity index is 549. The van der Waals surface area contributed by atoms with E-state index >= 15 is 0 Å². The van der Waals surface area contributed by atoms with Crippen molar-refractivity contribution in [2.75, 3.05) is 12.4 Å². The van der Waals surface area contributed by atoms with Gasteiger partial charge < -0.3 is 10.6 Å². The minimum absolute atomic E-state index is 0.159. The predicted octanol–water partition coefficient (Wildman–Crippen LogP) is 1.08. The molecule has 94 valence electrons. The largest absolute Gasteiger partial charge is 0.387 e. The maximum Gasteiger partial charge on any atom is 0.255 e. The van der Waals surface area contributed by atoms with Gasteiger partial charge in [-0.05, 0) is 13.0 Å². The first-order valence-corrected chi connectivity index (χ1v) is 5.61. The van der Waals surface area contributed by atoms with Crippen molar-refractivity contribution in [3.05, 3.63) is 41.5 Å². The molecule has 0 aliphatic rings. The summed E-state index contributed by atoms with van der Waals surface area (Å²) in [7, 11) is 1.77. The van der Waals surface area contributed by atoms with Gasteiger partial charge in [0.05, 0.1) is 11.8 Å². The van der Waals surface area contributed by atoms with Gasteiger partial charge in [-0.2, -0.15) is 5.10 Å². The van der Waals surface area contributed by atoms with Crippen LogP contribution in [0.3, 0.4) is 0 Å². The highest BCUT2D eigenvalue weighted by molar-refractivity contribution is 5.99. The van der Waals surface area contributed by atoms with Gasteiger partial charge in [0, 0.05) is 42.9 Å². The maximum absolute atomic E-state index is 12.0. The van der Waals surface area contributed by atoms with Crippen LogP contribution in [0.25, 0.3) is 0 Å². The van der Waals surface area contributed by atoms with Gasteiger partial charge in [-0.25, -0.2) is 0 Å². The number of carbonyl (C=O) groups is 1. The highest BCUT2D eigenvalue weighted by Crippen LogP contribution is 2.12. The minimum Gasteiger partial charge on any atom is -0.387 e. The van der Waals surface area contributed by atoms with Crippen LogP contribution >= 0.6 is 0 Å². The number of nitrogens with zero attached hydrogens (tertiary/aromatic N) is 2. The van der Waals surface area contributed by atoms with Gasteiger partial charge in [-0.1, -0.05) is 0 Å². The lowest BCUT2D eigenvalue weighted by molar-refractivity contribution is 0.0951. The zero-order valence-electron chi connectivity index (χ0n) is 10.3. The number of H-pyrrole nitrogens is 1. The molecule has 0 fully saturated rings. The van der Waals surface area contributed by atoms with Crippen molar-refractivity contribution < 1.29 is 4.79 Å². The van der Waals surface area contributed by atoms with Gasteiger partial charge in [-0.3, -0.25) is 14.9 Å². The Morgan fingerprint density at radius 3 is 2.94 bits per heavy atom. The highest BCUT2D eigenvalue weighted by atomic mass is 16.1. The van der Waals surface area contributed by atoms with E-state index in [2.05, 4.69) is 25.8 Å². The minimum atomic E-state index is -0.159. The van der Waals surface area contributed by atoms with E-state index in [1.165, 1.54) is 0 Å². The molecule has 0 radical (unpaired) electrons. The predicted molar refractivity (Wildman–Crippen MR) is 68.3 cm³/mol. The van der Waals surface area contributed by atoms with E-state index in [1.54, 1.807) is 31.7 Å². The molecule has 0 aromatic carbocycles. The Kier molecular flexibility index (Phi) is 3.57. The zero-order chi connectivity index (χ0) is 13.0. The number of carbonyl (C=O) groups excluding carboxylic acids is 1. The third kappa shape index (κ3) is 2.48. The zero-order valence-corrected chi connectivity index (χ0v) is 10.3. The van der Waals surface area contributed by atoms with Crippen LogP contribution < -0.4 is 10.6 Å². The summed E-state index contributed by atoms with van der Waals surface area (Å²) in [4.78, 5) is 16.0. The lowest BCUT2D eigenvalue weighted by Gasteiger charge is -2.08. The fourth-order valence-corrected chi connectivity index (χ4v) is 1.62. The van der Waals surface area contributed by atoms with Crippen LogP contribution in [-0.2, 0) is 6.54 Å². The molecular weight excluding hydrogens is 230 g/mol. The molecule has 1 amide bonds. The molecule has 2 aromatic rings. The molecule has 0 bridgehead atoms. The van der Waals surface area contributed by atoms with Gasteiger partial charge in [0.2, 0.25) is 0 Å². The third-order valence-corrected chi connectivity index (χ3v) is 2.71. The van der Waals surface area contributed by atoms with Crippen LogP contribution in [0, 0.1) is 6.92 Å². The first-order chi connectivity index (χ1) is 8.72. The van der Waals surface area contributed by atoms with E-state index in [-0.39, 0.29) is 5.91 Å². The molecule has 0 saturated heterocycles. The Morgan fingerprint density at radius 1 is 1.44 bits per heavy atom. The number of aromatic nitrogens is 3. The molecule has 0 aliphatic heterocycles. The second-order valence-corrected chi connectivity index (χ2v) is 3.87. The lowest BCUT2D eigenvalue weighted by Crippen LogP contribution is -2.24. The molecule has 2 heterocycles. The molecule has 0 aliphatic carbocycles. The van der Waals surface area contributed by atoms with Gasteiger partial charge >= 0.3 is 0 Å². The summed E-state index contributed by atoms with van der Waals surface area (Å²) in [6, 6.07) is 1.76. The summed E-state index contributed by atoms with van der Waals surface area (Å²) < 4.78 is 0. The Morgan fingerprint density at radius 2 is 2.28 bits per heavy atom. The molecule has 2 rings (SSSR count). The summed E-state index contributed by atoms with van der Waals surface area (Å²) in [5, 5.41) is 12.5. The second-order valence-electron chi connectivity index (χ2n) is 3.87. The number of anilines is 1. The quantitative estimate of drug-likeness (QED) is 0.753. The monoisotopic (exact) mass is 245 g/mol. The first-order valence-electron chi connectivity index (χ1n) is 5.61. The normalized spacial score (nSPS) is 10.1. The molecule has 6 nitrogen and oxygen atoms in total. The van der Waals surface area contributed by atoms with Crippen molar-refractivity contribution in [1.29, 1.82) is 0 Å². The molecule has 2 aromatic heterocycles. The second kappa shape index (κ2) is 5.31. The van der Waals surface area contributed by atoms with E-state index in [0.717, 1.165) is 16.9 Å². The van der Waals surface area contributed by atoms with Gasteiger partial charge in [0.25, 0.3) is 5.91 Å². The standard InChI is InChI=1S/C12H15N5O/c1-8-9(6-16-17-8)5-15-12(18)10-7-14-4-3-11(10)13-2/h3-4,6-7H,5H2,1-2H3,(H,13,14)(H,15,18)(H,16,17). The van der Waals surface area contributed by atoms with Crippen LogP contribution in [0.15, 0.2) is 24.7 Å². The Hall–Kier alpha value is -2.37. The van der Waals surface area contributed by atoms with Crippen molar-refractivity contribution in [2.45, 2.75) is 13.5 Å². The fraction of sp³-hybridized carbons (Fsp3) is 0.250. The number of aromatic amines is 1. The SMILES string of the molecule is CNc1ccncc1C(=O)NCc1cn[nH]c1C. The number of rotatable bonds is 4. The van der Waals surface area contributed by atoms with Crippen molar-refractivity contribution in [3.63, 3.8) is 0 Å². The molecule has 0 saturated carbocycles. The van der Waals surface area contributed by atoms with Gasteiger partial charge in [0.1, 0.15) is 0 Å². The van der Waals surface area contributed by atoms with Crippen LogP contribution in [0.5, 0.6) is 0 Å². The van der Waals surface area contributed by atoms with E-state index in [4.69, 9.17) is 0 Å². The number of aryl methyl sites for hydroxylation is 1. The smallest absolute Gasteiger partial charge is 0.255 e. The van der Waals surface area contributed by atoms with Gasteiger partial charge in [0.15, 0.2) is 0 Å². The summed E-state index contributed by atoms with van der Waals surface area (Å²) in [5.41, 5.74) is 3.21. The summed E-state index contributed by atoms with van der Waals surface area (Å²) >= 11 is 0. The molecule has 3 N–H and O–H groups in total. The average Bonchev–Trinajstić information content (AvgIpc) is 2.81. The lowest BCUT2D eigenvalue weighted by atomic mass is 10.2. The first kappa shape index (κ1) is 12.1. The number of nitrogens with one attached hydrogen (secondary N) is 3. The summed E-state index contributed by atoms with van der Waals surface area (Å²) in [6.45, 7) is 2.36. The third-order valence-electron chi connectivity index (χ3n) is 2.71. The van der Waals surface area contributed by atoms with Crippen LogP contribution in [-0.4, -0.2) is 28.1 Å². The molecular formula is C12H15N5O. The molecule has 6 heteroatoms. The van der Waals surface area contributed by atoms with Crippen molar-refractivity contribution >= 4 is 11.6 Å². The molecule has 0 unspecified atom stereocenters. The van der Waals surface area contributed by atoms with Crippen molar-refractivity contribution in [3.8, 4) is 0 Å². The van der Waals surface area contributed by atoms with Crippen LogP contribution in [0.2, 0.25) is 0 Å². The average molecular weight is 245 g/mol. The Labute approximate surface area is 105 Å². The van der Waals surface area contributed by atoms with Crippen molar-refractivity contribution in [1.82, 2.24) is 20.5 Å². The highest BCUT2D eigenvalue weighted by Gasteiger charge is 2.11. The number of hydrogen-bond donors (Lipinski definition) is 3. The fourth-order valence-electron chi connectivity index (χ4n) is 1.62. The number of pyridine rings is 1. The Balaban J connectivity index is 2.06. The number of hydrogen-bond acceptors (Lipinski definition) is 4. The van der Waals surface area contributed by atoms with Crippen LogP contribution in [0.1, 0.15) is 21.6 Å². The van der Waals surface area contributed by atoms with E-state index < -0.39 is 0 Å². The van der Waals surface area contributed by atoms with E-state index in [1.807, 2.05) is 6.92 Å². The van der Waals surface area contributed by atoms with E-state index in [0.29, 0.717) is 12.1 Å². The summed E-state index contributed by atoms with van der Waals surface area (Å²) in [6.07, 6.45) is 4.89. The molecule has 0 spiro atoms. The number of amides is 1. The molecule has 0 atom stereocenters. The van der Waals surface area contributed by atoms with E-state index in [9.17, 15) is 4.79 Å². The van der Waals surface area contributed by atoms with Crippen LogP contribution in [0.4, 0.5) is 5.69 Å². The maximum atomic E-state index is 12.0. The topological polar surface area (TPSA) is 82.7 Å². The van der Waals surface area contributed by atoms with Crippen molar-refractivity contribution in [2.24, 2.45) is 0 Å².